The Bertz CT molecular complexity index is 310. The van der Waals surface area contributed by atoms with Crippen LogP contribution in [-0.2, 0) is 19.6 Å². The maximum atomic E-state index is 10.9. The molecule has 82 valence electrons. The number of hydrogen-bond acceptors (Lipinski definition) is 4. The molecule has 0 saturated carbocycles. The van der Waals surface area contributed by atoms with Gasteiger partial charge in [-0.25, -0.2) is 13.1 Å². The molecule has 8 heteroatoms. The van der Waals surface area contributed by atoms with Crippen molar-refractivity contribution < 1.29 is 23.1 Å². The van der Waals surface area contributed by atoms with Gasteiger partial charge in [-0.05, 0) is 6.42 Å². The molecule has 0 aromatic heterocycles. The molecule has 0 bridgehead atoms. The van der Waals surface area contributed by atoms with Crippen molar-refractivity contribution in [1.29, 1.82) is 0 Å². The van der Waals surface area contributed by atoms with Crippen LogP contribution in [0.4, 0.5) is 0 Å². The summed E-state index contributed by atoms with van der Waals surface area (Å²) in [6, 6.07) is 0. The lowest BCUT2D eigenvalue weighted by atomic mass is 10.3. The van der Waals surface area contributed by atoms with Crippen molar-refractivity contribution in [3.63, 3.8) is 0 Å². The fourth-order valence-electron chi connectivity index (χ4n) is 0.704. The van der Waals surface area contributed by atoms with Crippen LogP contribution in [0.15, 0.2) is 0 Å². The quantitative estimate of drug-likeness (QED) is 0.442. The van der Waals surface area contributed by atoms with E-state index in [9.17, 15) is 18.0 Å². The summed E-state index contributed by atoms with van der Waals surface area (Å²) in [5, 5.41) is 8.20. The summed E-state index contributed by atoms with van der Waals surface area (Å²) in [4.78, 5) is 20.3. The molecule has 0 aromatic rings. The number of carbonyl (C=O) groups is 2. The zero-order valence-electron chi connectivity index (χ0n) is 7.39. The number of aliphatic carboxylic acids is 1. The molecule has 7 nitrogen and oxygen atoms in total. The van der Waals surface area contributed by atoms with Crippen LogP contribution in [0.3, 0.4) is 0 Å². The van der Waals surface area contributed by atoms with Crippen LogP contribution in [0, 0.1) is 0 Å². The van der Waals surface area contributed by atoms with Gasteiger partial charge >= 0.3 is 5.97 Å². The summed E-state index contributed by atoms with van der Waals surface area (Å²) in [6.07, 6.45) is 0.323. The molecular formula is C6H12N2O5S. The predicted molar refractivity (Wildman–Crippen MR) is 47.9 cm³/mol. The second-order valence-electron chi connectivity index (χ2n) is 2.62. The molecule has 0 rings (SSSR count). The highest BCUT2D eigenvalue weighted by atomic mass is 32.2. The molecule has 0 fully saturated rings. The van der Waals surface area contributed by atoms with Gasteiger partial charge in [0.1, 0.15) is 0 Å². The number of carboxylic acid groups (broad SMARTS) is 1. The van der Waals surface area contributed by atoms with E-state index in [1.807, 2.05) is 4.72 Å². The molecule has 0 spiro atoms. The Balaban J connectivity index is 3.78. The minimum Gasteiger partial charge on any atom is -0.480 e. The highest BCUT2D eigenvalue weighted by molar-refractivity contribution is 7.90. The lowest BCUT2D eigenvalue weighted by Gasteiger charge is -2.02. The number of carboxylic acids is 1. The zero-order valence-corrected chi connectivity index (χ0v) is 8.21. The van der Waals surface area contributed by atoms with E-state index in [-0.39, 0.29) is 19.4 Å². The van der Waals surface area contributed by atoms with Gasteiger partial charge in [0.25, 0.3) is 0 Å². The van der Waals surface area contributed by atoms with E-state index in [0.717, 1.165) is 0 Å². The molecular weight excluding hydrogens is 212 g/mol. The summed E-state index contributed by atoms with van der Waals surface area (Å²) in [5.74, 6) is -2.92. The Morgan fingerprint density at radius 3 is 2.36 bits per heavy atom. The second-order valence-corrected chi connectivity index (χ2v) is 4.42. The van der Waals surface area contributed by atoms with Crippen molar-refractivity contribution in [2.24, 2.45) is 5.73 Å². The van der Waals surface area contributed by atoms with E-state index in [4.69, 9.17) is 10.8 Å². The van der Waals surface area contributed by atoms with Crippen LogP contribution >= 0.6 is 0 Å². The smallest absolute Gasteiger partial charge is 0.320 e. The Kier molecular flexibility index (Phi) is 5.10. The van der Waals surface area contributed by atoms with Crippen LogP contribution in [0.1, 0.15) is 12.8 Å². The van der Waals surface area contributed by atoms with Crippen LogP contribution in [0.25, 0.3) is 0 Å². The van der Waals surface area contributed by atoms with Crippen LogP contribution < -0.4 is 10.5 Å². The molecule has 4 N–H and O–H groups in total. The number of sulfonamides is 1. The highest BCUT2D eigenvalue weighted by Gasteiger charge is 2.14. The van der Waals surface area contributed by atoms with Gasteiger partial charge in [-0.3, -0.25) is 9.59 Å². The van der Waals surface area contributed by atoms with Gasteiger partial charge in [-0.15, -0.1) is 0 Å². The zero-order chi connectivity index (χ0) is 11.2. The third kappa shape index (κ3) is 7.50. The third-order valence-corrected chi connectivity index (χ3v) is 2.51. The Hall–Kier alpha value is -1.15. The van der Waals surface area contributed by atoms with Crippen molar-refractivity contribution in [1.82, 2.24) is 4.72 Å². The first kappa shape index (κ1) is 12.8. The summed E-state index contributed by atoms with van der Waals surface area (Å²) in [5.41, 5.74) is 4.81. The number of nitrogens with one attached hydrogen (secondary N) is 1. The van der Waals surface area contributed by atoms with Crippen molar-refractivity contribution in [2.75, 3.05) is 12.3 Å². The first-order valence-corrected chi connectivity index (χ1v) is 5.46. The lowest BCUT2D eigenvalue weighted by molar-refractivity contribution is -0.134. The van der Waals surface area contributed by atoms with E-state index in [1.165, 1.54) is 0 Å². The number of rotatable bonds is 7. The maximum absolute atomic E-state index is 10.9. The Morgan fingerprint density at radius 2 is 1.93 bits per heavy atom. The van der Waals surface area contributed by atoms with E-state index >= 15 is 0 Å². The van der Waals surface area contributed by atoms with Gasteiger partial charge in [0, 0.05) is 13.0 Å². The van der Waals surface area contributed by atoms with Gasteiger partial charge in [0.2, 0.25) is 15.9 Å². The fraction of sp³-hybridized carbons (Fsp3) is 0.667. The third-order valence-electron chi connectivity index (χ3n) is 1.24. The first-order chi connectivity index (χ1) is 6.33. The SMILES string of the molecule is NC(=O)CCCNS(=O)(=O)CC(=O)O. The number of carbonyl (C=O) groups excluding carboxylic acids is 1. The minimum absolute atomic E-state index is 0.0125. The molecule has 0 heterocycles. The van der Waals surface area contributed by atoms with Crippen LogP contribution in [-0.4, -0.2) is 37.7 Å². The van der Waals surface area contributed by atoms with Crippen molar-refractivity contribution >= 4 is 21.9 Å². The summed E-state index contributed by atoms with van der Waals surface area (Å²) < 4.78 is 23.8. The Labute approximate surface area is 81.3 Å². The van der Waals surface area contributed by atoms with Gasteiger partial charge in [-0.1, -0.05) is 0 Å². The highest BCUT2D eigenvalue weighted by Crippen LogP contribution is 1.88. The molecule has 0 aromatic carbocycles. The van der Waals surface area contributed by atoms with E-state index < -0.39 is 27.7 Å². The number of hydrogen-bond donors (Lipinski definition) is 3. The summed E-state index contributed by atoms with van der Waals surface area (Å²) in [6.45, 7) is 0.0125. The molecule has 0 saturated heterocycles. The summed E-state index contributed by atoms with van der Waals surface area (Å²) in [7, 11) is -3.78. The standard InChI is InChI=1S/C6H12N2O5S/c7-5(9)2-1-3-8-14(12,13)4-6(10)11/h8H,1-4H2,(H2,7,9)(H,10,11). The monoisotopic (exact) mass is 224 g/mol. The average Bonchev–Trinajstić information content (AvgIpc) is 1.95. The number of nitrogens with two attached hydrogens (primary N) is 1. The van der Waals surface area contributed by atoms with Crippen molar-refractivity contribution in [3.8, 4) is 0 Å². The molecule has 0 radical (unpaired) electrons. The molecule has 14 heavy (non-hydrogen) atoms. The number of amides is 1. The van der Waals surface area contributed by atoms with Crippen molar-refractivity contribution in [2.45, 2.75) is 12.8 Å². The maximum Gasteiger partial charge on any atom is 0.320 e. The van der Waals surface area contributed by atoms with Crippen LogP contribution in [0.5, 0.6) is 0 Å². The van der Waals surface area contributed by atoms with Gasteiger partial charge in [-0.2, -0.15) is 0 Å². The summed E-state index contributed by atoms with van der Waals surface area (Å²) >= 11 is 0. The average molecular weight is 224 g/mol. The molecule has 0 atom stereocenters. The minimum atomic E-state index is -3.78. The molecule has 0 aliphatic carbocycles. The van der Waals surface area contributed by atoms with Crippen molar-refractivity contribution in [3.05, 3.63) is 0 Å². The molecule has 1 amide bonds. The van der Waals surface area contributed by atoms with Gasteiger partial charge in [0.15, 0.2) is 5.75 Å². The fourth-order valence-corrected chi connectivity index (χ4v) is 1.59. The van der Waals surface area contributed by atoms with E-state index in [2.05, 4.69) is 0 Å². The van der Waals surface area contributed by atoms with E-state index in [1.54, 1.807) is 0 Å². The van der Waals surface area contributed by atoms with Gasteiger partial charge < -0.3 is 10.8 Å². The Morgan fingerprint density at radius 1 is 1.36 bits per heavy atom. The largest absolute Gasteiger partial charge is 0.480 e. The van der Waals surface area contributed by atoms with E-state index in [0.29, 0.717) is 0 Å². The predicted octanol–water partition coefficient (Wildman–Crippen LogP) is -1.74. The topological polar surface area (TPSA) is 127 Å². The first-order valence-electron chi connectivity index (χ1n) is 3.81. The molecule has 0 aliphatic heterocycles. The molecule has 0 aliphatic rings. The van der Waals surface area contributed by atoms with Crippen LogP contribution in [0.2, 0.25) is 0 Å². The second kappa shape index (κ2) is 5.55. The van der Waals surface area contributed by atoms with Gasteiger partial charge in [0.05, 0.1) is 0 Å². The molecule has 0 unspecified atom stereocenters. The number of primary amides is 1. The normalized spacial score (nSPS) is 11.1. The lowest BCUT2D eigenvalue weighted by Crippen LogP contribution is -2.31.